The lowest BCUT2D eigenvalue weighted by molar-refractivity contribution is 0.0233. The van der Waals surface area contributed by atoms with Crippen molar-refractivity contribution in [3.8, 4) is 5.75 Å². The van der Waals surface area contributed by atoms with Crippen LogP contribution in [-0.2, 0) is 0 Å². The number of rotatable bonds is 5. The van der Waals surface area contributed by atoms with Crippen LogP contribution in [0.3, 0.4) is 0 Å². The average Bonchev–Trinajstić information content (AvgIpc) is 3.04. The van der Waals surface area contributed by atoms with Crippen molar-refractivity contribution in [2.75, 3.05) is 7.11 Å². The molecule has 116 valence electrons. The highest BCUT2D eigenvalue weighted by Crippen LogP contribution is 2.38. The molecule has 8 heteroatoms. The molecule has 3 N–H and O–H groups in total. The van der Waals surface area contributed by atoms with Gasteiger partial charge in [0.1, 0.15) is 12.1 Å². The summed E-state index contributed by atoms with van der Waals surface area (Å²) in [5.41, 5.74) is 0.837. The van der Waals surface area contributed by atoms with E-state index < -0.39 is 0 Å². The third kappa shape index (κ3) is 2.91. The number of carbonyl (C=O) groups is 1. The molecule has 8 nitrogen and oxygen atoms in total. The Hall–Kier alpha value is -2.48. The van der Waals surface area contributed by atoms with E-state index in [1.54, 1.807) is 19.5 Å². The molecule has 1 aliphatic carbocycles. The molecular weight excluding hydrogens is 286 g/mol. The fraction of sp³-hybridized carbons (Fsp3) is 0.429. The van der Waals surface area contributed by atoms with E-state index >= 15 is 0 Å². The van der Waals surface area contributed by atoms with Crippen molar-refractivity contribution in [3.63, 3.8) is 0 Å². The highest BCUT2D eigenvalue weighted by Gasteiger charge is 2.36. The van der Waals surface area contributed by atoms with E-state index in [1.165, 1.54) is 6.33 Å². The van der Waals surface area contributed by atoms with Crippen molar-refractivity contribution in [3.05, 3.63) is 36.2 Å². The van der Waals surface area contributed by atoms with Gasteiger partial charge in [0.25, 0.3) is 5.91 Å². The van der Waals surface area contributed by atoms with Crippen LogP contribution in [0.2, 0.25) is 0 Å². The fourth-order valence-corrected chi connectivity index (χ4v) is 2.62. The Morgan fingerprint density at radius 2 is 2.32 bits per heavy atom. The molecule has 2 aromatic heterocycles. The van der Waals surface area contributed by atoms with Crippen LogP contribution in [0.25, 0.3) is 0 Å². The Morgan fingerprint density at radius 1 is 1.50 bits per heavy atom. The third-order valence-electron chi connectivity index (χ3n) is 3.87. The van der Waals surface area contributed by atoms with Crippen molar-refractivity contribution in [1.82, 2.24) is 25.5 Å². The molecule has 1 aliphatic rings. The topological polar surface area (TPSA) is 113 Å². The number of aliphatic hydroxyl groups is 1. The highest BCUT2D eigenvalue weighted by atomic mass is 16.5. The van der Waals surface area contributed by atoms with Crippen LogP contribution in [0.15, 0.2) is 24.8 Å². The van der Waals surface area contributed by atoms with Gasteiger partial charge in [0.2, 0.25) is 5.82 Å². The molecule has 1 unspecified atom stereocenters. The van der Waals surface area contributed by atoms with Crippen molar-refractivity contribution in [2.24, 2.45) is 5.92 Å². The maximum absolute atomic E-state index is 12.2. The summed E-state index contributed by atoms with van der Waals surface area (Å²) in [7, 11) is 1.57. The molecule has 2 aromatic rings. The molecular formula is C14H17N5O3. The number of carbonyl (C=O) groups excluding carboxylic acids is 1. The smallest absolute Gasteiger partial charge is 0.289 e. The molecule has 1 saturated carbocycles. The van der Waals surface area contributed by atoms with Crippen LogP contribution >= 0.6 is 0 Å². The molecule has 0 aromatic carbocycles. The number of hydrogen-bond acceptors (Lipinski definition) is 6. The lowest BCUT2D eigenvalue weighted by Crippen LogP contribution is -2.41. The van der Waals surface area contributed by atoms with Crippen LogP contribution in [-0.4, -0.2) is 44.4 Å². The maximum atomic E-state index is 12.2. The first-order valence-electron chi connectivity index (χ1n) is 7.00. The van der Waals surface area contributed by atoms with E-state index in [2.05, 4.69) is 25.5 Å². The molecule has 0 aliphatic heterocycles. The van der Waals surface area contributed by atoms with E-state index in [1.807, 2.05) is 6.07 Å². The van der Waals surface area contributed by atoms with Gasteiger partial charge in [0, 0.05) is 6.20 Å². The number of hydrogen-bond donors (Lipinski definition) is 3. The zero-order valence-corrected chi connectivity index (χ0v) is 12.1. The number of ether oxygens (including phenoxy) is 1. The number of amides is 1. The SMILES string of the molecule is COc1cncc(C(NC(=O)c2ncn[nH]2)C2CC(O)C2)c1. The minimum absolute atomic E-state index is 0.149. The Bertz CT molecular complexity index is 640. The lowest BCUT2D eigenvalue weighted by atomic mass is 9.75. The number of nitrogens with one attached hydrogen (secondary N) is 2. The number of aromatic amines is 1. The van der Waals surface area contributed by atoms with Crippen LogP contribution in [0.5, 0.6) is 5.75 Å². The molecule has 2 heterocycles. The first-order valence-corrected chi connectivity index (χ1v) is 7.00. The second-order valence-corrected chi connectivity index (χ2v) is 5.33. The summed E-state index contributed by atoms with van der Waals surface area (Å²) in [6.07, 6.45) is 5.54. The molecule has 1 amide bonds. The number of aliphatic hydroxyl groups excluding tert-OH is 1. The van der Waals surface area contributed by atoms with Gasteiger partial charge in [-0.1, -0.05) is 0 Å². The maximum Gasteiger partial charge on any atom is 0.289 e. The van der Waals surface area contributed by atoms with E-state index in [9.17, 15) is 9.90 Å². The molecule has 0 spiro atoms. The van der Waals surface area contributed by atoms with Gasteiger partial charge in [-0.2, -0.15) is 5.10 Å². The largest absolute Gasteiger partial charge is 0.495 e. The van der Waals surface area contributed by atoms with Gasteiger partial charge >= 0.3 is 0 Å². The molecule has 1 atom stereocenters. The van der Waals surface area contributed by atoms with Crippen LogP contribution < -0.4 is 10.1 Å². The predicted molar refractivity (Wildman–Crippen MR) is 76.1 cm³/mol. The quantitative estimate of drug-likeness (QED) is 0.739. The number of H-pyrrole nitrogens is 1. The minimum atomic E-state index is -0.341. The Labute approximate surface area is 126 Å². The van der Waals surface area contributed by atoms with E-state index in [0.717, 1.165) is 5.56 Å². The summed E-state index contributed by atoms with van der Waals surface area (Å²) in [6, 6.07) is 1.58. The summed E-state index contributed by atoms with van der Waals surface area (Å²) >= 11 is 0. The average molecular weight is 303 g/mol. The van der Waals surface area contributed by atoms with Gasteiger partial charge < -0.3 is 15.2 Å². The van der Waals surface area contributed by atoms with Crippen LogP contribution in [0.1, 0.15) is 35.1 Å². The summed E-state index contributed by atoms with van der Waals surface area (Å²) < 4.78 is 5.18. The van der Waals surface area contributed by atoms with E-state index in [-0.39, 0.29) is 29.8 Å². The number of methoxy groups -OCH3 is 1. The van der Waals surface area contributed by atoms with Gasteiger partial charge in [0.05, 0.1) is 25.5 Å². The standard InChI is InChI=1S/C14H17N5O3/c1-22-11-4-9(5-15-6-11)12(8-2-10(20)3-8)18-14(21)13-16-7-17-19-13/h4-8,10,12,20H,2-3H2,1H3,(H,18,21)(H,16,17,19). The number of nitrogens with zero attached hydrogens (tertiary/aromatic N) is 3. The van der Waals surface area contributed by atoms with Crippen LogP contribution in [0, 0.1) is 5.92 Å². The molecule has 0 saturated heterocycles. The molecule has 1 fully saturated rings. The van der Waals surface area contributed by atoms with E-state index in [0.29, 0.717) is 18.6 Å². The lowest BCUT2D eigenvalue weighted by Gasteiger charge is -2.38. The molecule has 0 radical (unpaired) electrons. The van der Waals surface area contributed by atoms with Crippen molar-refractivity contribution < 1.29 is 14.6 Å². The first-order chi connectivity index (χ1) is 10.7. The fourth-order valence-electron chi connectivity index (χ4n) is 2.62. The van der Waals surface area contributed by atoms with Crippen molar-refractivity contribution in [1.29, 1.82) is 0 Å². The van der Waals surface area contributed by atoms with Gasteiger partial charge in [-0.25, -0.2) is 4.98 Å². The molecule has 3 rings (SSSR count). The number of aromatic nitrogens is 4. The van der Waals surface area contributed by atoms with Crippen molar-refractivity contribution in [2.45, 2.75) is 25.0 Å². The molecule has 0 bridgehead atoms. The van der Waals surface area contributed by atoms with Crippen molar-refractivity contribution >= 4 is 5.91 Å². The van der Waals surface area contributed by atoms with Gasteiger partial charge in [-0.3, -0.25) is 14.9 Å². The predicted octanol–water partition coefficient (Wildman–Crippen LogP) is 0.450. The second kappa shape index (κ2) is 6.10. The first kappa shape index (κ1) is 14.5. The summed E-state index contributed by atoms with van der Waals surface area (Å²) in [6.45, 7) is 0. The van der Waals surface area contributed by atoms with Gasteiger partial charge in [0.15, 0.2) is 0 Å². The summed E-state index contributed by atoms with van der Waals surface area (Å²) in [5, 5.41) is 18.7. The Balaban J connectivity index is 1.82. The van der Waals surface area contributed by atoms with Gasteiger partial charge in [-0.05, 0) is 30.4 Å². The Morgan fingerprint density at radius 3 is 2.95 bits per heavy atom. The number of pyridine rings is 1. The molecule has 22 heavy (non-hydrogen) atoms. The summed E-state index contributed by atoms with van der Waals surface area (Å²) in [4.78, 5) is 20.2. The second-order valence-electron chi connectivity index (χ2n) is 5.33. The zero-order chi connectivity index (χ0) is 15.5. The third-order valence-corrected chi connectivity index (χ3v) is 3.87. The van der Waals surface area contributed by atoms with Gasteiger partial charge in [-0.15, -0.1) is 0 Å². The Kier molecular flexibility index (Phi) is 4.01. The zero-order valence-electron chi connectivity index (χ0n) is 12.1. The normalized spacial score (nSPS) is 21.7. The summed E-state index contributed by atoms with van der Waals surface area (Å²) in [5.74, 6) is 0.583. The minimum Gasteiger partial charge on any atom is -0.495 e. The highest BCUT2D eigenvalue weighted by molar-refractivity contribution is 5.90. The van der Waals surface area contributed by atoms with Crippen LogP contribution in [0.4, 0.5) is 0 Å². The monoisotopic (exact) mass is 303 g/mol. The van der Waals surface area contributed by atoms with E-state index in [4.69, 9.17) is 4.74 Å².